The molecule has 26 heavy (non-hydrogen) atoms. The molecular formula is C18H27IN4O2S. The lowest BCUT2D eigenvalue weighted by Crippen LogP contribution is -2.44. The maximum Gasteiger partial charge on any atom is 0.193 e. The molecule has 1 aliphatic rings. The Kier molecular flexibility index (Phi) is 7.48. The van der Waals surface area contributed by atoms with Gasteiger partial charge in [-0.05, 0) is 44.7 Å². The number of nitrogens with one attached hydrogen (secondary N) is 1. The number of halogens is 1. The lowest BCUT2D eigenvalue weighted by atomic mass is 10.0. The summed E-state index contributed by atoms with van der Waals surface area (Å²) in [7, 11) is 3.73. The number of thiazole rings is 1. The van der Waals surface area contributed by atoms with Crippen LogP contribution in [-0.2, 0) is 25.0 Å². The average Bonchev–Trinajstić information content (AvgIpc) is 3.24. The van der Waals surface area contributed by atoms with Crippen LogP contribution in [0, 0.1) is 0 Å². The molecule has 0 aromatic carbocycles. The molecular weight excluding hydrogens is 463 g/mol. The Morgan fingerprint density at radius 1 is 1.46 bits per heavy atom. The highest BCUT2D eigenvalue weighted by molar-refractivity contribution is 14.0. The van der Waals surface area contributed by atoms with E-state index >= 15 is 0 Å². The monoisotopic (exact) mass is 490 g/mol. The Hall–Kier alpha value is -1.13. The fraction of sp³-hybridized carbons (Fsp3) is 0.556. The number of aryl methyl sites for hydroxylation is 2. The van der Waals surface area contributed by atoms with Gasteiger partial charge >= 0.3 is 0 Å². The van der Waals surface area contributed by atoms with E-state index in [-0.39, 0.29) is 24.0 Å². The van der Waals surface area contributed by atoms with Gasteiger partial charge in [0.25, 0.3) is 0 Å². The summed E-state index contributed by atoms with van der Waals surface area (Å²) in [5.41, 5.74) is 0.184. The minimum atomic E-state index is -1.10. The molecule has 1 unspecified atom stereocenters. The number of guanidine groups is 1. The van der Waals surface area contributed by atoms with Crippen molar-refractivity contribution >= 4 is 41.3 Å². The van der Waals surface area contributed by atoms with Crippen molar-refractivity contribution in [1.29, 1.82) is 0 Å². The molecule has 2 N–H and O–H groups in total. The number of aliphatic imine (C=N–C) groups is 1. The van der Waals surface area contributed by atoms with E-state index in [9.17, 15) is 5.11 Å². The molecule has 2 aromatic rings. The van der Waals surface area contributed by atoms with Gasteiger partial charge in [0, 0.05) is 19.0 Å². The fourth-order valence-electron chi connectivity index (χ4n) is 3.06. The minimum Gasteiger partial charge on any atom is -0.466 e. The largest absolute Gasteiger partial charge is 0.466 e. The second-order valence-corrected chi connectivity index (χ2v) is 7.86. The summed E-state index contributed by atoms with van der Waals surface area (Å²) in [6, 6.07) is 3.54. The van der Waals surface area contributed by atoms with Crippen molar-refractivity contribution in [3.8, 4) is 0 Å². The molecule has 2 aromatic heterocycles. The Bertz CT molecular complexity index is 704. The molecule has 0 amide bonds. The highest BCUT2D eigenvalue weighted by Gasteiger charge is 2.27. The third-order valence-electron chi connectivity index (χ3n) is 4.48. The summed E-state index contributed by atoms with van der Waals surface area (Å²) in [6.07, 6.45) is 6.35. The van der Waals surface area contributed by atoms with Crippen LogP contribution in [0.15, 0.2) is 27.8 Å². The van der Waals surface area contributed by atoms with Gasteiger partial charge in [0.15, 0.2) is 5.96 Å². The molecule has 0 bridgehead atoms. The third kappa shape index (κ3) is 4.98. The van der Waals surface area contributed by atoms with Crippen LogP contribution in [0.4, 0.5) is 0 Å². The Labute approximate surface area is 175 Å². The van der Waals surface area contributed by atoms with Crippen molar-refractivity contribution in [2.45, 2.75) is 44.8 Å². The molecule has 0 radical (unpaired) electrons. The molecule has 0 fully saturated rings. The fourth-order valence-corrected chi connectivity index (χ4v) is 4.27. The van der Waals surface area contributed by atoms with Gasteiger partial charge in [-0.2, -0.15) is 0 Å². The van der Waals surface area contributed by atoms with Crippen LogP contribution in [-0.4, -0.2) is 41.6 Å². The van der Waals surface area contributed by atoms with Gasteiger partial charge in [-0.25, -0.2) is 4.98 Å². The Morgan fingerprint density at radius 3 is 2.88 bits per heavy atom. The summed E-state index contributed by atoms with van der Waals surface area (Å²) < 4.78 is 5.32. The molecule has 0 saturated heterocycles. The molecule has 0 saturated carbocycles. The van der Waals surface area contributed by atoms with E-state index in [1.807, 2.05) is 23.3 Å². The lowest BCUT2D eigenvalue weighted by Gasteiger charge is -2.26. The van der Waals surface area contributed by atoms with Crippen molar-refractivity contribution < 1.29 is 9.52 Å². The van der Waals surface area contributed by atoms with Crippen LogP contribution >= 0.6 is 35.3 Å². The molecule has 0 spiro atoms. The number of furan rings is 1. The maximum atomic E-state index is 10.6. The van der Waals surface area contributed by atoms with Crippen molar-refractivity contribution in [2.75, 3.05) is 20.6 Å². The molecule has 1 aliphatic carbocycles. The van der Waals surface area contributed by atoms with E-state index in [2.05, 4.69) is 10.3 Å². The van der Waals surface area contributed by atoms with Gasteiger partial charge in [0.2, 0.25) is 0 Å². The third-order valence-corrected chi connectivity index (χ3v) is 5.62. The Morgan fingerprint density at radius 2 is 2.23 bits per heavy atom. The normalized spacial score (nSPS) is 16.4. The van der Waals surface area contributed by atoms with Crippen molar-refractivity contribution in [1.82, 2.24) is 15.2 Å². The molecule has 144 valence electrons. The van der Waals surface area contributed by atoms with Crippen LogP contribution in [0.3, 0.4) is 0 Å². The zero-order chi connectivity index (χ0) is 17.9. The van der Waals surface area contributed by atoms with E-state index in [1.165, 1.54) is 23.4 Å². The number of hydrogen-bond acceptors (Lipinski definition) is 5. The first kappa shape index (κ1) is 21.2. The summed E-state index contributed by atoms with van der Waals surface area (Å²) >= 11 is 1.81. The number of aromatic nitrogens is 1. The van der Waals surface area contributed by atoms with E-state index in [4.69, 9.17) is 9.40 Å². The van der Waals surface area contributed by atoms with Crippen LogP contribution in [0.1, 0.15) is 41.1 Å². The molecule has 2 heterocycles. The minimum absolute atomic E-state index is 0. The van der Waals surface area contributed by atoms with Gasteiger partial charge in [0.05, 0.1) is 25.0 Å². The van der Waals surface area contributed by atoms with Gasteiger partial charge < -0.3 is 19.7 Å². The first-order chi connectivity index (χ1) is 12.0. The van der Waals surface area contributed by atoms with Crippen LogP contribution in [0.25, 0.3) is 0 Å². The summed E-state index contributed by atoms with van der Waals surface area (Å²) in [4.78, 5) is 12.6. The first-order valence-corrected chi connectivity index (χ1v) is 9.47. The molecule has 3 rings (SSSR count). The molecule has 8 heteroatoms. The van der Waals surface area contributed by atoms with Crippen molar-refractivity contribution in [2.24, 2.45) is 4.99 Å². The highest BCUT2D eigenvalue weighted by atomic mass is 127. The quantitative estimate of drug-likeness (QED) is 0.383. The predicted molar refractivity (Wildman–Crippen MR) is 115 cm³/mol. The SMILES string of the molecule is CN=C(NCC(C)(O)c1ccco1)N(C)Cc1nc2c(s1)CCCC2.I. The molecule has 1 atom stereocenters. The smallest absolute Gasteiger partial charge is 0.193 e. The van der Waals surface area contributed by atoms with Crippen LogP contribution in [0.2, 0.25) is 0 Å². The van der Waals surface area contributed by atoms with Gasteiger partial charge in [-0.1, -0.05) is 0 Å². The Balaban J connectivity index is 0.00000243. The topological polar surface area (TPSA) is 73.9 Å². The van der Waals surface area contributed by atoms with Gasteiger partial charge in [0.1, 0.15) is 16.4 Å². The average molecular weight is 490 g/mol. The number of aliphatic hydroxyl groups is 1. The van der Waals surface area contributed by atoms with E-state index in [0.717, 1.165) is 23.8 Å². The highest BCUT2D eigenvalue weighted by Crippen LogP contribution is 2.27. The second kappa shape index (κ2) is 9.18. The number of hydrogen-bond donors (Lipinski definition) is 2. The van der Waals surface area contributed by atoms with Crippen molar-refractivity contribution in [3.63, 3.8) is 0 Å². The predicted octanol–water partition coefficient (Wildman–Crippen LogP) is 3.15. The maximum absolute atomic E-state index is 10.6. The van der Waals surface area contributed by atoms with Crippen LogP contribution < -0.4 is 5.32 Å². The van der Waals surface area contributed by atoms with E-state index in [1.54, 1.807) is 32.4 Å². The second-order valence-electron chi connectivity index (χ2n) is 6.69. The number of rotatable bonds is 5. The van der Waals surface area contributed by atoms with E-state index in [0.29, 0.717) is 18.8 Å². The van der Waals surface area contributed by atoms with Gasteiger partial charge in [-0.3, -0.25) is 4.99 Å². The van der Waals surface area contributed by atoms with Gasteiger partial charge in [-0.15, -0.1) is 35.3 Å². The van der Waals surface area contributed by atoms with E-state index < -0.39 is 5.60 Å². The number of nitrogens with zero attached hydrogens (tertiary/aromatic N) is 3. The summed E-state index contributed by atoms with van der Waals surface area (Å²) in [5.74, 6) is 1.26. The number of fused-ring (bicyclic) bond motifs is 1. The molecule has 0 aliphatic heterocycles. The first-order valence-electron chi connectivity index (χ1n) is 8.65. The van der Waals surface area contributed by atoms with Crippen LogP contribution in [0.5, 0.6) is 0 Å². The molecule has 6 nitrogen and oxygen atoms in total. The summed E-state index contributed by atoms with van der Waals surface area (Å²) in [5, 5.41) is 14.9. The van der Waals surface area contributed by atoms with Crippen molar-refractivity contribution in [3.05, 3.63) is 39.7 Å². The standard InChI is InChI=1S/C18H26N4O2S.HI/c1-18(23,15-9-6-10-24-15)12-20-17(19-2)22(3)11-16-21-13-7-4-5-8-14(13)25-16;/h6,9-10,23H,4-5,7-8,11-12H2,1-3H3,(H,19,20);1H. The zero-order valence-corrected chi connectivity index (χ0v) is 18.6. The lowest BCUT2D eigenvalue weighted by molar-refractivity contribution is 0.0381. The summed E-state index contributed by atoms with van der Waals surface area (Å²) in [6.45, 7) is 2.74. The zero-order valence-electron chi connectivity index (χ0n) is 15.5.